The molecule has 0 spiro atoms. The predicted octanol–water partition coefficient (Wildman–Crippen LogP) is 3.44. The van der Waals surface area contributed by atoms with Crippen LogP contribution in [0.3, 0.4) is 0 Å². The second-order valence-electron chi connectivity index (χ2n) is 7.71. The van der Waals surface area contributed by atoms with E-state index in [2.05, 4.69) is 21.9 Å². The number of hydrogen-bond donors (Lipinski definition) is 0. The van der Waals surface area contributed by atoms with Crippen LogP contribution in [0.15, 0.2) is 60.7 Å². The number of carbonyl (C=O) groups excluding carboxylic acids is 1. The van der Waals surface area contributed by atoms with Gasteiger partial charge in [0.2, 0.25) is 0 Å². The molecule has 0 unspecified atom stereocenters. The molecule has 0 aliphatic carbocycles. The van der Waals surface area contributed by atoms with Crippen LogP contribution in [0.1, 0.15) is 28.8 Å². The summed E-state index contributed by atoms with van der Waals surface area (Å²) in [5.41, 5.74) is 2.02. The highest BCUT2D eigenvalue weighted by Gasteiger charge is 2.36. The van der Waals surface area contributed by atoms with Crippen LogP contribution >= 0.6 is 0 Å². The van der Waals surface area contributed by atoms with Gasteiger partial charge >= 0.3 is 0 Å². The molecule has 27 heavy (non-hydrogen) atoms. The van der Waals surface area contributed by atoms with Crippen molar-refractivity contribution in [3.05, 3.63) is 71.8 Å². The number of benzene rings is 2. The van der Waals surface area contributed by atoms with Crippen molar-refractivity contribution in [3.63, 3.8) is 0 Å². The summed E-state index contributed by atoms with van der Waals surface area (Å²) in [6.07, 6.45) is 2.41. The fraction of sp³-hybridized carbons (Fsp3) is 0.435. The maximum atomic E-state index is 12.9. The van der Waals surface area contributed by atoms with Gasteiger partial charge in [0.25, 0.3) is 5.91 Å². The van der Waals surface area contributed by atoms with Crippen molar-refractivity contribution in [1.29, 1.82) is 0 Å². The molecule has 2 aromatic rings. The molecule has 4 heteroatoms. The topological polar surface area (TPSA) is 32.8 Å². The van der Waals surface area contributed by atoms with Gasteiger partial charge in [0, 0.05) is 37.8 Å². The van der Waals surface area contributed by atoms with E-state index in [0.29, 0.717) is 18.6 Å². The van der Waals surface area contributed by atoms with Crippen molar-refractivity contribution in [3.8, 4) is 0 Å². The molecule has 3 aliphatic rings. The number of ether oxygens (including phenoxy) is 1. The van der Waals surface area contributed by atoms with Crippen molar-refractivity contribution < 1.29 is 9.53 Å². The van der Waals surface area contributed by atoms with Gasteiger partial charge in [-0.2, -0.15) is 0 Å². The molecule has 0 aromatic heterocycles. The Hall–Kier alpha value is -2.17. The molecule has 2 atom stereocenters. The van der Waals surface area contributed by atoms with E-state index in [1.165, 1.54) is 18.4 Å². The van der Waals surface area contributed by atoms with Gasteiger partial charge in [0.1, 0.15) is 0 Å². The molecule has 3 aliphatic heterocycles. The monoisotopic (exact) mass is 364 g/mol. The minimum atomic E-state index is 0.176. The Bertz CT molecular complexity index is 735. The first-order valence-corrected chi connectivity index (χ1v) is 9.99. The highest BCUT2D eigenvalue weighted by Crippen LogP contribution is 2.28. The number of piperidine rings is 1. The molecular weight excluding hydrogens is 336 g/mol. The Morgan fingerprint density at radius 2 is 1.67 bits per heavy atom. The number of carbonyl (C=O) groups is 1. The van der Waals surface area contributed by atoms with Crippen LogP contribution in [0.25, 0.3) is 0 Å². The summed E-state index contributed by atoms with van der Waals surface area (Å²) in [6.45, 7) is 5.15. The first-order chi connectivity index (χ1) is 13.3. The van der Waals surface area contributed by atoms with Gasteiger partial charge in [-0.15, -0.1) is 0 Å². The summed E-state index contributed by atoms with van der Waals surface area (Å²) < 4.78 is 5.89. The van der Waals surface area contributed by atoms with Gasteiger partial charge in [-0.1, -0.05) is 48.5 Å². The molecule has 4 nitrogen and oxygen atoms in total. The summed E-state index contributed by atoms with van der Waals surface area (Å²) in [4.78, 5) is 17.5. The van der Waals surface area contributed by atoms with Gasteiger partial charge in [-0.25, -0.2) is 0 Å². The van der Waals surface area contributed by atoms with Gasteiger partial charge in [-0.05, 0) is 36.5 Å². The molecule has 3 heterocycles. The maximum absolute atomic E-state index is 12.9. The van der Waals surface area contributed by atoms with Crippen molar-refractivity contribution in [2.45, 2.75) is 25.5 Å². The zero-order chi connectivity index (χ0) is 18.5. The van der Waals surface area contributed by atoms with E-state index >= 15 is 0 Å². The predicted molar refractivity (Wildman–Crippen MR) is 107 cm³/mol. The van der Waals surface area contributed by atoms with Crippen LogP contribution in [-0.4, -0.2) is 54.5 Å². The lowest BCUT2D eigenvalue weighted by atomic mass is 9.95. The molecule has 0 radical (unpaired) electrons. The summed E-state index contributed by atoms with van der Waals surface area (Å²) in [5.74, 6) is 0.750. The normalized spacial score (nSPS) is 22.6. The van der Waals surface area contributed by atoms with Gasteiger partial charge < -0.3 is 9.64 Å². The Kier molecular flexibility index (Phi) is 5.85. The Morgan fingerprint density at radius 1 is 0.926 bits per heavy atom. The summed E-state index contributed by atoms with van der Waals surface area (Å²) in [7, 11) is 0. The SMILES string of the molecule is O=C(c1ccccc1)N1C[C@@H]2CC[C@H](C1)N(CCOCc1ccccc1)C2. The lowest BCUT2D eigenvalue weighted by Gasteiger charge is -2.35. The van der Waals surface area contributed by atoms with E-state index in [0.717, 1.165) is 38.3 Å². The van der Waals surface area contributed by atoms with Crippen LogP contribution in [0.4, 0.5) is 0 Å². The first-order valence-electron chi connectivity index (χ1n) is 9.99. The second-order valence-corrected chi connectivity index (χ2v) is 7.71. The molecule has 3 saturated heterocycles. The highest BCUT2D eigenvalue weighted by molar-refractivity contribution is 5.94. The van der Waals surface area contributed by atoms with Gasteiger partial charge in [-0.3, -0.25) is 9.69 Å². The van der Waals surface area contributed by atoms with Crippen LogP contribution in [0.2, 0.25) is 0 Å². The average Bonchev–Trinajstić information content (AvgIpc) is 3.04. The quantitative estimate of drug-likeness (QED) is 0.736. The molecular formula is C23H28N2O2. The van der Waals surface area contributed by atoms with Crippen LogP contribution in [0.5, 0.6) is 0 Å². The molecule has 2 aromatic carbocycles. The minimum absolute atomic E-state index is 0.176. The van der Waals surface area contributed by atoms with E-state index < -0.39 is 0 Å². The maximum Gasteiger partial charge on any atom is 0.253 e. The Morgan fingerprint density at radius 3 is 2.44 bits per heavy atom. The largest absolute Gasteiger partial charge is 0.375 e. The molecule has 1 amide bonds. The molecule has 0 N–H and O–H groups in total. The lowest BCUT2D eigenvalue weighted by molar-refractivity contribution is 0.0573. The van der Waals surface area contributed by atoms with Crippen LogP contribution in [0, 0.1) is 5.92 Å². The number of fused-ring (bicyclic) bond motifs is 4. The Labute approximate surface area is 161 Å². The van der Waals surface area contributed by atoms with Crippen molar-refractivity contribution >= 4 is 5.91 Å². The standard InChI is InChI=1S/C23H28N2O2/c26-23(21-9-5-2-6-10-21)25-16-20-11-12-22(17-25)24(15-20)13-14-27-18-19-7-3-1-4-8-19/h1-10,20,22H,11-18H2/t20-,22-/m1/s1. The van der Waals surface area contributed by atoms with Gasteiger partial charge in [0.05, 0.1) is 13.2 Å². The summed E-state index contributed by atoms with van der Waals surface area (Å²) in [5, 5.41) is 0. The number of amides is 1. The van der Waals surface area contributed by atoms with E-state index in [-0.39, 0.29) is 5.91 Å². The molecule has 0 saturated carbocycles. The first kappa shape index (κ1) is 18.2. The highest BCUT2D eigenvalue weighted by atomic mass is 16.5. The average molecular weight is 364 g/mol. The van der Waals surface area contributed by atoms with E-state index in [9.17, 15) is 4.79 Å². The van der Waals surface area contributed by atoms with E-state index in [1.807, 2.05) is 48.5 Å². The van der Waals surface area contributed by atoms with E-state index in [4.69, 9.17) is 4.74 Å². The second kappa shape index (κ2) is 8.68. The Balaban J connectivity index is 1.31. The third-order valence-electron chi connectivity index (χ3n) is 5.77. The zero-order valence-electron chi connectivity index (χ0n) is 15.8. The van der Waals surface area contributed by atoms with Crippen molar-refractivity contribution in [2.75, 3.05) is 32.8 Å². The van der Waals surface area contributed by atoms with Gasteiger partial charge in [0.15, 0.2) is 0 Å². The molecule has 3 fully saturated rings. The molecule has 142 valence electrons. The third-order valence-corrected chi connectivity index (χ3v) is 5.77. The van der Waals surface area contributed by atoms with Crippen LogP contribution < -0.4 is 0 Å². The number of hydrogen-bond acceptors (Lipinski definition) is 3. The number of rotatable bonds is 6. The number of nitrogens with zero attached hydrogens (tertiary/aromatic N) is 2. The molecule has 5 rings (SSSR count). The van der Waals surface area contributed by atoms with Crippen molar-refractivity contribution in [2.24, 2.45) is 5.92 Å². The zero-order valence-corrected chi connectivity index (χ0v) is 15.8. The fourth-order valence-corrected chi connectivity index (χ4v) is 4.33. The summed E-state index contributed by atoms with van der Waals surface area (Å²) in [6, 6.07) is 20.5. The van der Waals surface area contributed by atoms with Crippen LogP contribution in [-0.2, 0) is 11.3 Å². The lowest BCUT2D eigenvalue weighted by Crippen LogP contribution is -2.45. The molecule has 2 bridgehead atoms. The smallest absolute Gasteiger partial charge is 0.253 e. The summed E-state index contributed by atoms with van der Waals surface area (Å²) >= 11 is 0. The third kappa shape index (κ3) is 4.57. The fourth-order valence-electron chi connectivity index (χ4n) is 4.33. The van der Waals surface area contributed by atoms with E-state index in [1.54, 1.807) is 0 Å². The van der Waals surface area contributed by atoms with Crippen molar-refractivity contribution in [1.82, 2.24) is 9.80 Å². The minimum Gasteiger partial charge on any atom is -0.375 e.